The summed E-state index contributed by atoms with van der Waals surface area (Å²) in [6, 6.07) is 23.2. The molecule has 1 unspecified atom stereocenters. The summed E-state index contributed by atoms with van der Waals surface area (Å²) in [5.74, 6) is -0.140. The summed E-state index contributed by atoms with van der Waals surface area (Å²) in [5.41, 5.74) is 16.5. The van der Waals surface area contributed by atoms with E-state index in [0.717, 1.165) is 77.6 Å². The maximum atomic E-state index is 13.3. The van der Waals surface area contributed by atoms with Crippen molar-refractivity contribution in [2.24, 2.45) is 5.73 Å². The van der Waals surface area contributed by atoms with E-state index in [0.29, 0.717) is 41.8 Å². The molecule has 2 fully saturated rings. The summed E-state index contributed by atoms with van der Waals surface area (Å²) in [7, 11) is 0. The molecule has 1 aliphatic carbocycles. The number of hydrogen-bond acceptors (Lipinski definition) is 6. The number of amides is 2. The van der Waals surface area contributed by atoms with Crippen molar-refractivity contribution in [2.75, 3.05) is 13.1 Å². The second-order valence-electron chi connectivity index (χ2n) is 14.2. The molecule has 2 aromatic heterocycles. The summed E-state index contributed by atoms with van der Waals surface area (Å²) < 4.78 is 1.58. The quantitative estimate of drug-likeness (QED) is 0.188. The molecular weight excluding hydrogens is 660 g/mol. The Balaban J connectivity index is 1.04. The number of benzene rings is 3. The summed E-state index contributed by atoms with van der Waals surface area (Å²) in [6.45, 7) is 4.02. The smallest absolute Gasteiger partial charge is 0.262 e. The van der Waals surface area contributed by atoms with Crippen LogP contribution in [0.5, 0.6) is 0 Å². The van der Waals surface area contributed by atoms with Gasteiger partial charge in [-0.05, 0) is 96.6 Å². The molecule has 4 heterocycles. The van der Waals surface area contributed by atoms with Crippen LogP contribution in [-0.2, 0) is 29.0 Å². The van der Waals surface area contributed by atoms with E-state index < -0.39 is 0 Å². The van der Waals surface area contributed by atoms with Crippen LogP contribution < -0.4 is 21.9 Å². The number of pyridine rings is 1. The van der Waals surface area contributed by atoms with Gasteiger partial charge in [0.15, 0.2) is 0 Å². The first-order valence-corrected chi connectivity index (χ1v) is 18.2. The molecule has 10 heteroatoms. The van der Waals surface area contributed by atoms with Crippen LogP contribution in [0.2, 0.25) is 5.02 Å². The highest BCUT2D eigenvalue weighted by atomic mass is 35.5. The lowest BCUT2D eigenvalue weighted by Gasteiger charge is -2.28. The van der Waals surface area contributed by atoms with Crippen molar-refractivity contribution < 1.29 is 9.59 Å². The number of aromatic nitrogens is 2. The van der Waals surface area contributed by atoms with Crippen LogP contribution in [0.15, 0.2) is 83.9 Å². The number of rotatable bonds is 9. The number of primary amides is 1. The number of fused-ring (bicyclic) bond motifs is 2. The average Bonchev–Trinajstić information content (AvgIpc) is 3.89. The first-order chi connectivity index (χ1) is 24.7. The van der Waals surface area contributed by atoms with E-state index in [1.165, 1.54) is 11.1 Å². The van der Waals surface area contributed by atoms with Gasteiger partial charge in [0.05, 0.1) is 11.1 Å². The van der Waals surface area contributed by atoms with Crippen LogP contribution in [0.1, 0.15) is 47.9 Å². The molecule has 8 rings (SSSR count). The second kappa shape index (κ2) is 13.7. The van der Waals surface area contributed by atoms with Crippen molar-refractivity contribution in [3.05, 3.63) is 117 Å². The van der Waals surface area contributed by atoms with Gasteiger partial charge in [-0.25, -0.2) is 4.98 Å². The molecule has 260 valence electrons. The second-order valence-corrected chi connectivity index (χ2v) is 14.5. The van der Waals surface area contributed by atoms with Crippen LogP contribution in [0.4, 0.5) is 0 Å². The number of nitrogens with two attached hydrogens (primary N) is 1. The number of likely N-dealkylation sites (tertiary alicyclic amines) is 1. The van der Waals surface area contributed by atoms with Gasteiger partial charge in [-0.3, -0.25) is 23.7 Å². The topological polar surface area (TPSA) is 122 Å². The third-order valence-corrected chi connectivity index (χ3v) is 11.4. The minimum atomic E-state index is -0.216. The Morgan fingerprint density at radius 2 is 1.73 bits per heavy atom. The molecule has 2 aliphatic heterocycles. The van der Waals surface area contributed by atoms with Crippen LogP contribution in [0, 0.1) is 6.92 Å². The SMILES string of the molecule is Cc1c(-c2ccn3c(=O)c(CNC[C@@H]4CCC(=O)N4)cnc3c2)cccc1-c1cccc(-c2ccc3c(c2)C[C@H](N2CCCC2C(N)=O)C3)c1Cl. The van der Waals surface area contributed by atoms with Crippen molar-refractivity contribution in [3.63, 3.8) is 0 Å². The Labute approximate surface area is 301 Å². The van der Waals surface area contributed by atoms with Crippen LogP contribution in [-0.4, -0.2) is 57.3 Å². The highest BCUT2D eigenvalue weighted by Gasteiger charge is 2.37. The number of halogens is 1. The molecule has 3 aliphatic rings. The van der Waals surface area contributed by atoms with Gasteiger partial charge in [0.25, 0.3) is 5.56 Å². The van der Waals surface area contributed by atoms with E-state index in [1.54, 1.807) is 16.8 Å². The molecule has 0 saturated carbocycles. The Morgan fingerprint density at radius 3 is 2.53 bits per heavy atom. The van der Waals surface area contributed by atoms with Gasteiger partial charge in [-0.1, -0.05) is 66.2 Å². The fraction of sp³-hybridized carbons (Fsp3) is 0.317. The van der Waals surface area contributed by atoms with E-state index >= 15 is 0 Å². The largest absolute Gasteiger partial charge is 0.368 e. The van der Waals surface area contributed by atoms with E-state index in [2.05, 4.69) is 76.0 Å². The number of nitrogens with one attached hydrogen (secondary N) is 2. The maximum absolute atomic E-state index is 13.3. The van der Waals surface area contributed by atoms with Gasteiger partial charge in [0.1, 0.15) is 5.65 Å². The molecule has 2 saturated heterocycles. The molecule has 3 aromatic carbocycles. The van der Waals surface area contributed by atoms with Crippen molar-refractivity contribution >= 4 is 29.1 Å². The standard InChI is InChI=1S/C41H41ClN6O3/c1-24-32(27-14-16-48-37(20-27)45-22-29(41(48)51)21-44-23-30-12-13-38(49)46-30)5-2-6-33(24)35-8-3-7-34(39(35)42)26-11-10-25-18-31(19-28(25)17-26)47-15-4-9-36(47)40(43)50/h2-3,5-8,10-11,14,16-17,20,22,30-31,36,44H,4,9,12-13,15,18-19,21,23H2,1H3,(H2,43,50)(H,46,49)/t30-,31+,36?/m0/s1. The lowest BCUT2D eigenvalue weighted by atomic mass is 9.91. The van der Waals surface area contributed by atoms with E-state index in [4.69, 9.17) is 17.3 Å². The number of nitrogens with zero attached hydrogens (tertiary/aromatic N) is 3. The van der Waals surface area contributed by atoms with E-state index in [-0.39, 0.29) is 29.5 Å². The number of carbonyl (C=O) groups is 2. The molecule has 0 bridgehead atoms. The van der Waals surface area contributed by atoms with Gasteiger partial charge in [-0.2, -0.15) is 0 Å². The average molecular weight is 701 g/mol. The predicted molar refractivity (Wildman–Crippen MR) is 201 cm³/mol. The molecule has 2 amide bonds. The number of hydrogen-bond donors (Lipinski definition) is 3. The molecule has 9 nitrogen and oxygen atoms in total. The minimum absolute atomic E-state index is 0.0759. The van der Waals surface area contributed by atoms with Gasteiger partial charge in [-0.15, -0.1) is 0 Å². The Kier molecular flexibility index (Phi) is 8.96. The Hall–Kier alpha value is -4.83. The zero-order valence-electron chi connectivity index (χ0n) is 28.6. The molecule has 5 aromatic rings. The zero-order valence-corrected chi connectivity index (χ0v) is 29.4. The van der Waals surface area contributed by atoms with Gasteiger partial charge >= 0.3 is 0 Å². The molecule has 3 atom stereocenters. The molecular formula is C41H41ClN6O3. The number of carbonyl (C=O) groups excluding carboxylic acids is 2. The van der Waals surface area contributed by atoms with Gasteiger partial charge < -0.3 is 16.4 Å². The third-order valence-electron chi connectivity index (χ3n) is 11.0. The zero-order chi connectivity index (χ0) is 35.2. The highest BCUT2D eigenvalue weighted by molar-refractivity contribution is 6.36. The Bertz CT molecular complexity index is 2250. The fourth-order valence-electron chi connectivity index (χ4n) is 8.35. The Morgan fingerprint density at radius 1 is 0.961 bits per heavy atom. The summed E-state index contributed by atoms with van der Waals surface area (Å²) in [4.78, 5) is 43.8. The molecule has 4 N–H and O–H groups in total. The normalized spacial score (nSPS) is 20.2. The summed E-state index contributed by atoms with van der Waals surface area (Å²) in [6.07, 6.45) is 8.46. The van der Waals surface area contributed by atoms with Crippen molar-refractivity contribution in [1.82, 2.24) is 24.9 Å². The minimum Gasteiger partial charge on any atom is -0.368 e. The lowest BCUT2D eigenvalue weighted by molar-refractivity contribution is -0.123. The monoisotopic (exact) mass is 700 g/mol. The molecule has 51 heavy (non-hydrogen) atoms. The van der Waals surface area contributed by atoms with Gasteiger partial charge in [0, 0.05) is 60.7 Å². The van der Waals surface area contributed by atoms with Crippen molar-refractivity contribution in [3.8, 4) is 33.4 Å². The van der Waals surface area contributed by atoms with Crippen LogP contribution in [0.3, 0.4) is 0 Å². The lowest BCUT2D eigenvalue weighted by Crippen LogP contribution is -2.46. The van der Waals surface area contributed by atoms with E-state index in [1.807, 2.05) is 18.2 Å². The van der Waals surface area contributed by atoms with Crippen LogP contribution in [0.25, 0.3) is 39.0 Å². The highest BCUT2D eigenvalue weighted by Crippen LogP contribution is 2.41. The molecule has 0 spiro atoms. The van der Waals surface area contributed by atoms with Gasteiger partial charge in [0.2, 0.25) is 11.8 Å². The third kappa shape index (κ3) is 6.35. The maximum Gasteiger partial charge on any atom is 0.262 e. The first-order valence-electron chi connectivity index (χ1n) is 17.8. The first kappa shape index (κ1) is 33.3. The fourth-order valence-corrected chi connectivity index (χ4v) is 8.68. The summed E-state index contributed by atoms with van der Waals surface area (Å²) >= 11 is 7.24. The van der Waals surface area contributed by atoms with Crippen molar-refractivity contribution in [1.29, 1.82) is 0 Å². The predicted octanol–water partition coefficient (Wildman–Crippen LogP) is 5.44. The van der Waals surface area contributed by atoms with Crippen molar-refractivity contribution in [2.45, 2.75) is 70.1 Å². The van der Waals surface area contributed by atoms with E-state index in [9.17, 15) is 14.4 Å². The molecule has 0 radical (unpaired) electrons. The summed E-state index contributed by atoms with van der Waals surface area (Å²) in [5, 5.41) is 6.93. The van der Waals surface area contributed by atoms with Crippen LogP contribution >= 0.6 is 11.6 Å².